The van der Waals surface area contributed by atoms with Crippen LogP contribution in [0.5, 0.6) is 0 Å². The van der Waals surface area contributed by atoms with Gasteiger partial charge in [-0.25, -0.2) is 0 Å². The Balaban J connectivity index is 1.25. The van der Waals surface area contributed by atoms with Gasteiger partial charge >= 0.3 is 0 Å². The molecule has 2 bridgehead atoms. The number of carbonyl (C=O) groups excluding carboxylic acids is 1. The summed E-state index contributed by atoms with van der Waals surface area (Å²) in [6.07, 6.45) is 8.30. The monoisotopic (exact) mass is 411 g/mol. The van der Waals surface area contributed by atoms with Crippen LogP contribution in [-0.2, 0) is 0 Å². The lowest BCUT2D eigenvalue weighted by molar-refractivity contribution is -0.0551. The van der Waals surface area contributed by atoms with E-state index in [0.717, 1.165) is 47.2 Å². The molecule has 4 nitrogen and oxygen atoms in total. The van der Waals surface area contributed by atoms with E-state index in [1.54, 1.807) is 0 Å². The lowest BCUT2D eigenvalue weighted by atomic mass is 9.74. The molecule has 5 heteroatoms. The number of amides is 1. The van der Waals surface area contributed by atoms with Gasteiger partial charge in [0, 0.05) is 47.6 Å². The number of H-pyrrole nitrogens is 1. The Kier molecular flexibility index (Phi) is 4.25. The minimum absolute atomic E-state index is 0.174. The summed E-state index contributed by atoms with van der Waals surface area (Å²) in [5, 5.41) is 1.78. The van der Waals surface area contributed by atoms with Gasteiger partial charge in [0.25, 0.3) is 5.91 Å². The molecule has 1 amide bonds. The number of nitrogens with one attached hydrogen (secondary N) is 1. The fourth-order valence-electron chi connectivity index (χ4n) is 6.67. The maximum atomic E-state index is 13.5. The quantitative estimate of drug-likeness (QED) is 0.766. The van der Waals surface area contributed by atoms with Gasteiger partial charge in [0.15, 0.2) is 0 Å². The second kappa shape index (κ2) is 6.75. The zero-order chi connectivity index (χ0) is 19.7. The summed E-state index contributed by atoms with van der Waals surface area (Å²) in [6.45, 7) is 5.07. The minimum atomic E-state index is 0.174. The number of piperidine rings is 3. The molecule has 4 heterocycles. The van der Waals surface area contributed by atoms with E-state index in [2.05, 4.69) is 14.8 Å². The van der Waals surface area contributed by atoms with Gasteiger partial charge in [-0.1, -0.05) is 18.0 Å². The van der Waals surface area contributed by atoms with Crippen molar-refractivity contribution in [1.29, 1.82) is 0 Å². The highest BCUT2D eigenvalue weighted by molar-refractivity contribution is 6.31. The van der Waals surface area contributed by atoms with Crippen molar-refractivity contribution < 1.29 is 4.79 Å². The number of aromatic nitrogens is 1. The van der Waals surface area contributed by atoms with Gasteiger partial charge in [0.1, 0.15) is 5.69 Å². The number of likely N-dealkylation sites (tertiary alicyclic amines) is 1. The molecule has 0 radical (unpaired) electrons. The van der Waals surface area contributed by atoms with Crippen LogP contribution >= 0.6 is 11.6 Å². The van der Waals surface area contributed by atoms with Crippen molar-refractivity contribution in [1.82, 2.24) is 14.8 Å². The number of fused-ring (bicyclic) bond motifs is 5. The molecule has 1 aromatic heterocycles. The first-order valence-electron chi connectivity index (χ1n) is 11.4. The highest BCUT2D eigenvalue weighted by Crippen LogP contribution is 2.46. The molecule has 4 fully saturated rings. The van der Waals surface area contributed by atoms with Gasteiger partial charge in [-0.15, -0.1) is 0 Å². The van der Waals surface area contributed by atoms with Crippen LogP contribution in [0, 0.1) is 24.7 Å². The molecule has 4 aliphatic rings. The molecule has 3 saturated heterocycles. The summed E-state index contributed by atoms with van der Waals surface area (Å²) in [5.41, 5.74) is 2.77. The van der Waals surface area contributed by atoms with E-state index in [4.69, 9.17) is 11.6 Å². The SMILES string of the molecule is Cc1c(C(=O)N2C[C@@H]3C[C@H](C2)[C@@H]2CCC[C@H](C4CC4)N2C3)[nH]c2ccc(Cl)cc12. The fourth-order valence-corrected chi connectivity index (χ4v) is 6.84. The number of rotatable bonds is 2. The predicted octanol–water partition coefficient (Wildman–Crippen LogP) is 4.85. The van der Waals surface area contributed by atoms with Gasteiger partial charge in [0.2, 0.25) is 0 Å². The van der Waals surface area contributed by atoms with E-state index in [0.29, 0.717) is 22.9 Å². The van der Waals surface area contributed by atoms with Crippen molar-refractivity contribution in [3.05, 3.63) is 34.5 Å². The van der Waals surface area contributed by atoms with Crippen LogP contribution in [0.4, 0.5) is 0 Å². The van der Waals surface area contributed by atoms with Crippen LogP contribution in [0.15, 0.2) is 18.2 Å². The van der Waals surface area contributed by atoms with Crippen LogP contribution in [0.1, 0.15) is 54.6 Å². The molecule has 1 aliphatic carbocycles. The van der Waals surface area contributed by atoms with E-state index < -0.39 is 0 Å². The molecule has 1 aromatic carbocycles. The lowest BCUT2D eigenvalue weighted by Gasteiger charge is -2.55. The van der Waals surface area contributed by atoms with Gasteiger partial charge < -0.3 is 9.88 Å². The third kappa shape index (κ3) is 3.02. The van der Waals surface area contributed by atoms with E-state index in [1.807, 2.05) is 25.1 Å². The fraction of sp³-hybridized carbons (Fsp3) is 0.625. The molecule has 29 heavy (non-hydrogen) atoms. The van der Waals surface area contributed by atoms with Crippen molar-refractivity contribution in [3.63, 3.8) is 0 Å². The lowest BCUT2D eigenvalue weighted by Crippen LogP contribution is -2.62. The number of carbonyl (C=O) groups is 1. The molecule has 6 rings (SSSR count). The zero-order valence-corrected chi connectivity index (χ0v) is 17.9. The van der Waals surface area contributed by atoms with Gasteiger partial charge in [-0.05, 0) is 80.5 Å². The standard InChI is InChI=1S/C24H30ClN3O/c1-14-19-10-18(25)7-8-20(19)26-23(14)24(29)27-11-15-9-17(13-27)22-4-2-3-21(16-5-6-16)28(22)12-15/h7-8,10,15-17,21-22,26H,2-6,9,11-13H2,1H3/t15-,17+,21+,22-/m0/s1. The second-order valence-electron chi connectivity index (χ2n) is 9.99. The van der Waals surface area contributed by atoms with Crippen molar-refractivity contribution in [2.75, 3.05) is 19.6 Å². The van der Waals surface area contributed by atoms with Crippen molar-refractivity contribution >= 4 is 28.4 Å². The predicted molar refractivity (Wildman–Crippen MR) is 116 cm³/mol. The first kappa shape index (κ1) is 18.3. The molecule has 3 aliphatic heterocycles. The van der Waals surface area contributed by atoms with Crippen LogP contribution in [-0.4, -0.2) is 52.4 Å². The number of hydrogen-bond donors (Lipinski definition) is 1. The molecule has 4 atom stereocenters. The molecule has 0 unspecified atom stereocenters. The first-order valence-corrected chi connectivity index (χ1v) is 11.8. The summed E-state index contributed by atoms with van der Waals surface area (Å²) >= 11 is 6.18. The topological polar surface area (TPSA) is 39.3 Å². The van der Waals surface area contributed by atoms with Crippen molar-refractivity contribution in [2.24, 2.45) is 17.8 Å². The summed E-state index contributed by atoms with van der Waals surface area (Å²) in [4.78, 5) is 21.9. The third-order valence-corrected chi connectivity index (χ3v) is 8.36. The van der Waals surface area contributed by atoms with E-state index in [9.17, 15) is 4.79 Å². The zero-order valence-electron chi connectivity index (χ0n) is 17.2. The van der Waals surface area contributed by atoms with Crippen LogP contribution < -0.4 is 0 Å². The van der Waals surface area contributed by atoms with Gasteiger partial charge in [-0.2, -0.15) is 0 Å². The molecule has 0 spiro atoms. The normalized spacial score (nSPS) is 32.4. The maximum absolute atomic E-state index is 13.5. The summed E-state index contributed by atoms with van der Waals surface area (Å²) in [7, 11) is 0. The van der Waals surface area contributed by atoms with E-state index >= 15 is 0 Å². The summed E-state index contributed by atoms with van der Waals surface area (Å²) in [6, 6.07) is 7.35. The molecule has 2 aromatic rings. The Bertz CT molecular complexity index is 964. The molecular weight excluding hydrogens is 382 g/mol. The van der Waals surface area contributed by atoms with Crippen molar-refractivity contribution in [3.8, 4) is 0 Å². The second-order valence-corrected chi connectivity index (χ2v) is 10.4. The number of halogens is 1. The Hall–Kier alpha value is -1.52. The van der Waals surface area contributed by atoms with Crippen LogP contribution in [0.2, 0.25) is 5.02 Å². The number of aryl methyl sites for hydroxylation is 1. The smallest absolute Gasteiger partial charge is 0.270 e. The highest BCUT2D eigenvalue weighted by atomic mass is 35.5. The number of benzene rings is 1. The molecule has 1 saturated carbocycles. The number of nitrogens with zero attached hydrogens (tertiary/aromatic N) is 2. The molecule has 1 N–H and O–H groups in total. The van der Waals surface area contributed by atoms with Crippen LogP contribution in [0.3, 0.4) is 0 Å². The van der Waals surface area contributed by atoms with Gasteiger partial charge in [0.05, 0.1) is 0 Å². The van der Waals surface area contributed by atoms with E-state index in [1.165, 1.54) is 45.1 Å². The third-order valence-electron chi connectivity index (χ3n) is 8.12. The number of hydrogen-bond acceptors (Lipinski definition) is 2. The molecular formula is C24H30ClN3O. The Labute approximate surface area is 177 Å². The average molecular weight is 412 g/mol. The minimum Gasteiger partial charge on any atom is -0.350 e. The Morgan fingerprint density at radius 2 is 1.86 bits per heavy atom. The Morgan fingerprint density at radius 1 is 1.07 bits per heavy atom. The van der Waals surface area contributed by atoms with Crippen LogP contribution in [0.25, 0.3) is 10.9 Å². The molecule has 154 valence electrons. The first-order chi connectivity index (χ1) is 14.1. The van der Waals surface area contributed by atoms with E-state index in [-0.39, 0.29) is 5.91 Å². The number of aromatic amines is 1. The summed E-state index contributed by atoms with van der Waals surface area (Å²) < 4.78 is 0. The maximum Gasteiger partial charge on any atom is 0.270 e. The average Bonchev–Trinajstić information content (AvgIpc) is 3.51. The van der Waals surface area contributed by atoms with Crippen molar-refractivity contribution in [2.45, 2.75) is 57.5 Å². The highest BCUT2D eigenvalue weighted by Gasteiger charge is 2.48. The Morgan fingerprint density at radius 3 is 2.66 bits per heavy atom. The summed E-state index contributed by atoms with van der Waals surface area (Å²) in [5.74, 6) is 2.42. The van der Waals surface area contributed by atoms with Gasteiger partial charge in [-0.3, -0.25) is 9.69 Å². The largest absolute Gasteiger partial charge is 0.350 e.